The first kappa shape index (κ1) is 24.1. The number of hydrogen-bond acceptors (Lipinski definition) is 5. The predicted octanol–water partition coefficient (Wildman–Crippen LogP) is 6.45. The highest BCUT2D eigenvalue weighted by Crippen LogP contribution is 2.31. The highest BCUT2D eigenvalue weighted by atomic mass is 35.5. The monoisotopic (exact) mass is 475 g/mol. The number of halogens is 1. The van der Waals surface area contributed by atoms with Crippen LogP contribution in [0.15, 0.2) is 40.9 Å². The van der Waals surface area contributed by atoms with Gasteiger partial charge in [0.1, 0.15) is 5.75 Å². The summed E-state index contributed by atoms with van der Waals surface area (Å²) in [7, 11) is 1.65. The summed E-state index contributed by atoms with van der Waals surface area (Å²) in [5, 5.41) is 2.95. The number of nitrogens with zero attached hydrogens (tertiary/aromatic N) is 2. The molecule has 3 aromatic rings. The van der Waals surface area contributed by atoms with Crippen molar-refractivity contribution in [3.8, 4) is 17.1 Å². The lowest BCUT2D eigenvalue weighted by Gasteiger charge is -2.20. The molecule has 0 aliphatic carbocycles. The number of amides is 2. The van der Waals surface area contributed by atoms with Crippen molar-refractivity contribution in [2.45, 2.75) is 46.1 Å². The van der Waals surface area contributed by atoms with Crippen molar-refractivity contribution in [2.75, 3.05) is 20.2 Å². The molecular weight excluding hydrogens is 446 g/mol. The normalized spacial score (nSPS) is 13.7. The van der Waals surface area contributed by atoms with Gasteiger partial charge in [-0.1, -0.05) is 30.5 Å². The van der Waals surface area contributed by atoms with E-state index in [1.54, 1.807) is 13.3 Å². The van der Waals surface area contributed by atoms with Gasteiger partial charge in [0.15, 0.2) is 11.7 Å². The van der Waals surface area contributed by atoms with Crippen molar-refractivity contribution < 1.29 is 13.9 Å². The van der Waals surface area contributed by atoms with E-state index in [4.69, 9.17) is 20.8 Å². The van der Waals surface area contributed by atoms with Crippen LogP contribution in [-0.2, 0) is 6.54 Å². The summed E-state index contributed by atoms with van der Waals surface area (Å²) in [5.41, 5.74) is 2.09. The number of methoxy groups -OCH3 is 1. The van der Waals surface area contributed by atoms with Crippen molar-refractivity contribution in [1.29, 1.82) is 0 Å². The number of likely N-dealkylation sites (tertiary alicyclic amines) is 1. The molecule has 4 rings (SSSR count). The number of hydrogen-bond donors (Lipinski definition) is 1. The predicted molar refractivity (Wildman–Crippen MR) is 130 cm³/mol. The van der Waals surface area contributed by atoms with Crippen molar-refractivity contribution in [2.24, 2.45) is 0 Å². The summed E-state index contributed by atoms with van der Waals surface area (Å²) in [6.07, 6.45) is 6.44. The molecule has 1 aliphatic heterocycles. The molecule has 3 heterocycles. The number of aromatic nitrogens is 1. The maximum Gasteiger partial charge on any atom is 0.317 e. The zero-order chi connectivity index (χ0) is 22.9. The van der Waals surface area contributed by atoms with Gasteiger partial charge in [0, 0.05) is 24.9 Å². The number of nitrogens with one attached hydrogen (secondary N) is 1. The number of rotatable bonds is 4. The summed E-state index contributed by atoms with van der Waals surface area (Å²) in [4.78, 5) is 19.0. The van der Waals surface area contributed by atoms with Crippen molar-refractivity contribution in [1.82, 2.24) is 15.2 Å². The Morgan fingerprint density at radius 2 is 1.94 bits per heavy atom. The van der Waals surface area contributed by atoms with E-state index >= 15 is 0 Å². The van der Waals surface area contributed by atoms with Crippen LogP contribution in [0.25, 0.3) is 11.3 Å². The second kappa shape index (κ2) is 11.9. The maximum absolute atomic E-state index is 11.9. The Kier molecular flexibility index (Phi) is 9.00. The van der Waals surface area contributed by atoms with E-state index in [1.807, 2.05) is 49.1 Å². The van der Waals surface area contributed by atoms with E-state index in [0.717, 1.165) is 57.8 Å². The number of ether oxygens (including phenoxy) is 1. The van der Waals surface area contributed by atoms with Gasteiger partial charge in [0.2, 0.25) is 0 Å². The third kappa shape index (κ3) is 7.00. The fourth-order valence-electron chi connectivity index (χ4n) is 3.48. The fourth-order valence-corrected chi connectivity index (χ4v) is 4.51. The van der Waals surface area contributed by atoms with Crippen LogP contribution in [0.4, 0.5) is 4.79 Å². The van der Waals surface area contributed by atoms with Crippen LogP contribution < -0.4 is 10.1 Å². The average Bonchev–Trinajstić information content (AvgIpc) is 3.30. The molecule has 1 aromatic carbocycles. The largest absolute Gasteiger partial charge is 0.496 e. The second-order valence-electron chi connectivity index (χ2n) is 7.71. The molecule has 0 saturated carbocycles. The van der Waals surface area contributed by atoms with Gasteiger partial charge in [0.25, 0.3) is 0 Å². The van der Waals surface area contributed by atoms with Crippen LogP contribution in [0, 0.1) is 13.8 Å². The molecule has 8 heteroatoms. The molecule has 0 bridgehead atoms. The topological polar surface area (TPSA) is 67.6 Å². The van der Waals surface area contributed by atoms with Gasteiger partial charge in [-0.2, -0.15) is 0 Å². The van der Waals surface area contributed by atoms with E-state index in [1.165, 1.54) is 24.2 Å². The molecule has 0 atom stereocenters. The highest BCUT2D eigenvalue weighted by Gasteiger charge is 2.15. The number of oxazole rings is 1. The Balaban J connectivity index is 0.000000182. The molecule has 1 aliphatic rings. The number of urea groups is 1. The van der Waals surface area contributed by atoms with Crippen molar-refractivity contribution >= 4 is 29.0 Å². The summed E-state index contributed by atoms with van der Waals surface area (Å²) in [6.45, 7) is 6.20. The van der Waals surface area contributed by atoms with E-state index < -0.39 is 0 Å². The van der Waals surface area contributed by atoms with Gasteiger partial charge in [-0.3, -0.25) is 0 Å². The number of carbonyl (C=O) groups excluding carboxylic acids is 1. The number of carbonyl (C=O) groups is 1. The fraction of sp³-hybridized carbons (Fsp3) is 0.417. The second-order valence-corrected chi connectivity index (χ2v) is 9.51. The van der Waals surface area contributed by atoms with Gasteiger partial charge in [-0.15, -0.1) is 11.3 Å². The standard InChI is InChI=1S/C12H17ClN2OS.C12H13NO2/c13-11-6-5-10(17-11)9-14-12(16)15-7-3-1-2-4-8-15;1-8-4-5-10(11(6-8)14-3)12-7-13-9(2)15-12/h5-6H,1-4,7-9H2,(H,14,16);4-7H,1-3H3. The first-order valence-corrected chi connectivity index (χ1v) is 12.0. The minimum Gasteiger partial charge on any atom is -0.496 e. The molecule has 172 valence electrons. The molecule has 0 spiro atoms. The molecule has 1 saturated heterocycles. The summed E-state index contributed by atoms with van der Waals surface area (Å²) in [6, 6.07) is 9.85. The van der Waals surface area contributed by atoms with Gasteiger partial charge in [-0.25, -0.2) is 9.78 Å². The van der Waals surface area contributed by atoms with Crippen LogP contribution in [0.1, 0.15) is 42.0 Å². The lowest BCUT2D eigenvalue weighted by molar-refractivity contribution is 0.199. The van der Waals surface area contributed by atoms with Gasteiger partial charge in [0.05, 0.1) is 29.8 Å². The molecular formula is C24H30ClN3O3S. The van der Waals surface area contributed by atoms with Crippen LogP contribution in [-0.4, -0.2) is 36.1 Å². The van der Waals surface area contributed by atoms with Crippen molar-refractivity contribution in [3.05, 3.63) is 57.2 Å². The van der Waals surface area contributed by atoms with Crippen LogP contribution in [0.5, 0.6) is 5.75 Å². The molecule has 1 fully saturated rings. The number of thiophene rings is 1. The van der Waals surface area contributed by atoms with Crippen LogP contribution >= 0.6 is 22.9 Å². The summed E-state index contributed by atoms with van der Waals surface area (Å²) < 4.78 is 11.5. The SMILES string of the molecule is COc1cc(C)ccc1-c1cnc(C)o1.O=C(NCc1ccc(Cl)s1)N1CCCCCC1. The Labute approximate surface area is 198 Å². The minimum atomic E-state index is 0.0522. The Hall–Kier alpha value is -2.51. The molecule has 2 amide bonds. The van der Waals surface area contributed by atoms with Gasteiger partial charge < -0.3 is 19.4 Å². The third-order valence-corrected chi connectivity index (χ3v) is 6.41. The molecule has 6 nitrogen and oxygen atoms in total. The van der Waals surface area contributed by atoms with E-state index in [0.29, 0.717) is 12.4 Å². The quantitative estimate of drug-likeness (QED) is 0.470. The summed E-state index contributed by atoms with van der Waals surface area (Å²) >= 11 is 7.35. The molecule has 32 heavy (non-hydrogen) atoms. The van der Waals surface area contributed by atoms with Crippen LogP contribution in [0.2, 0.25) is 4.34 Å². The molecule has 0 unspecified atom stereocenters. The zero-order valence-electron chi connectivity index (χ0n) is 18.8. The highest BCUT2D eigenvalue weighted by molar-refractivity contribution is 7.16. The van der Waals surface area contributed by atoms with Crippen LogP contribution in [0.3, 0.4) is 0 Å². The summed E-state index contributed by atoms with van der Waals surface area (Å²) in [5.74, 6) is 2.21. The Morgan fingerprint density at radius 3 is 2.53 bits per heavy atom. The number of aryl methyl sites for hydroxylation is 2. The molecule has 1 N–H and O–H groups in total. The van der Waals surface area contributed by atoms with E-state index in [2.05, 4.69) is 10.3 Å². The third-order valence-electron chi connectivity index (χ3n) is 5.18. The van der Waals surface area contributed by atoms with Gasteiger partial charge in [-0.05, 0) is 49.6 Å². The van der Waals surface area contributed by atoms with Gasteiger partial charge >= 0.3 is 6.03 Å². The lowest BCUT2D eigenvalue weighted by atomic mass is 10.1. The Morgan fingerprint density at radius 1 is 1.19 bits per heavy atom. The first-order valence-electron chi connectivity index (χ1n) is 10.8. The number of benzene rings is 1. The van der Waals surface area contributed by atoms with E-state index in [9.17, 15) is 4.79 Å². The van der Waals surface area contributed by atoms with E-state index in [-0.39, 0.29) is 6.03 Å². The maximum atomic E-state index is 11.9. The van der Waals surface area contributed by atoms with Crippen molar-refractivity contribution in [3.63, 3.8) is 0 Å². The Bertz CT molecular complexity index is 1010. The molecule has 0 radical (unpaired) electrons. The average molecular weight is 476 g/mol. The smallest absolute Gasteiger partial charge is 0.317 e. The zero-order valence-corrected chi connectivity index (χ0v) is 20.4. The first-order chi connectivity index (χ1) is 15.5. The lowest BCUT2D eigenvalue weighted by Crippen LogP contribution is -2.39. The molecule has 2 aromatic heterocycles. The minimum absolute atomic E-state index is 0.0522.